The molecule has 0 aromatic heterocycles. The van der Waals surface area contributed by atoms with Gasteiger partial charge in [-0.15, -0.1) is 0 Å². The Morgan fingerprint density at radius 2 is 1.70 bits per heavy atom. The summed E-state index contributed by atoms with van der Waals surface area (Å²) in [7, 11) is 1.65. The highest BCUT2D eigenvalue weighted by Gasteiger charge is 2.22. The summed E-state index contributed by atoms with van der Waals surface area (Å²) in [5.41, 5.74) is 6.74. The maximum absolute atomic E-state index is 12.7. The van der Waals surface area contributed by atoms with E-state index in [1.807, 2.05) is 29.2 Å². The molecule has 7 nitrogen and oxygen atoms in total. The number of ether oxygens (including phenoxy) is 2. The molecule has 1 aliphatic heterocycles. The molecule has 1 saturated heterocycles. The zero-order chi connectivity index (χ0) is 19.2. The topological polar surface area (TPSA) is 85.1 Å². The van der Waals surface area contributed by atoms with Crippen LogP contribution in [0.25, 0.3) is 0 Å². The van der Waals surface area contributed by atoms with Gasteiger partial charge < -0.3 is 25.0 Å². The predicted octanol–water partition coefficient (Wildman–Crippen LogP) is 1.52. The van der Waals surface area contributed by atoms with Crippen molar-refractivity contribution >= 4 is 17.5 Å². The SMILES string of the molecule is COc1cccc(N2CCN(C(=O)c3ccc(OCC(N)=O)cc3)CC2)c1. The molecule has 0 atom stereocenters. The molecule has 2 N–H and O–H groups in total. The average Bonchev–Trinajstić information content (AvgIpc) is 2.72. The first-order valence-electron chi connectivity index (χ1n) is 8.76. The van der Waals surface area contributed by atoms with Gasteiger partial charge in [0.15, 0.2) is 6.61 Å². The molecule has 0 bridgehead atoms. The number of benzene rings is 2. The van der Waals surface area contributed by atoms with E-state index in [2.05, 4.69) is 4.90 Å². The number of methoxy groups -OCH3 is 1. The number of hydrogen-bond acceptors (Lipinski definition) is 5. The van der Waals surface area contributed by atoms with Gasteiger partial charge in [0.05, 0.1) is 7.11 Å². The fraction of sp³-hybridized carbons (Fsp3) is 0.300. The molecule has 27 heavy (non-hydrogen) atoms. The quantitative estimate of drug-likeness (QED) is 0.835. The number of carbonyl (C=O) groups excluding carboxylic acids is 2. The molecule has 142 valence electrons. The van der Waals surface area contributed by atoms with Crippen LogP contribution < -0.4 is 20.1 Å². The first-order chi connectivity index (χ1) is 13.1. The number of primary amides is 1. The molecule has 0 saturated carbocycles. The van der Waals surface area contributed by atoms with Gasteiger partial charge in [0.2, 0.25) is 0 Å². The molecule has 0 spiro atoms. The summed E-state index contributed by atoms with van der Waals surface area (Å²) in [5.74, 6) is 0.781. The van der Waals surface area contributed by atoms with Gasteiger partial charge in [-0.25, -0.2) is 0 Å². The Hall–Kier alpha value is -3.22. The van der Waals surface area contributed by atoms with Gasteiger partial charge in [0.1, 0.15) is 11.5 Å². The van der Waals surface area contributed by atoms with Crippen molar-refractivity contribution in [3.63, 3.8) is 0 Å². The molecule has 0 radical (unpaired) electrons. The summed E-state index contributed by atoms with van der Waals surface area (Å²) in [5, 5.41) is 0. The highest BCUT2D eigenvalue weighted by Crippen LogP contribution is 2.22. The van der Waals surface area contributed by atoms with Crippen LogP contribution in [0, 0.1) is 0 Å². The van der Waals surface area contributed by atoms with Crippen molar-refractivity contribution in [2.75, 3.05) is 44.8 Å². The maximum Gasteiger partial charge on any atom is 0.255 e. The smallest absolute Gasteiger partial charge is 0.255 e. The van der Waals surface area contributed by atoms with Crippen molar-refractivity contribution in [3.05, 3.63) is 54.1 Å². The van der Waals surface area contributed by atoms with E-state index in [1.54, 1.807) is 31.4 Å². The molecule has 0 aliphatic carbocycles. The van der Waals surface area contributed by atoms with E-state index in [9.17, 15) is 9.59 Å². The van der Waals surface area contributed by atoms with Gasteiger partial charge >= 0.3 is 0 Å². The summed E-state index contributed by atoms with van der Waals surface area (Å²) < 4.78 is 10.5. The molecule has 3 rings (SSSR count). The van der Waals surface area contributed by atoms with Crippen LogP contribution in [-0.2, 0) is 4.79 Å². The fourth-order valence-corrected chi connectivity index (χ4v) is 3.01. The van der Waals surface area contributed by atoms with E-state index in [0.717, 1.165) is 24.5 Å². The van der Waals surface area contributed by atoms with Gasteiger partial charge in [0.25, 0.3) is 11.8 Å². The van der Waals surface area contributed by atoms with Gasteiger partial charge in [-0.3, -0.25) is 9.59 Å². The van der Waals surface area contributed by atoms with Crippen molar-refractivity contribution in [1.29, 1.82) is 0 Å². The Kier molecular flexibility index (Phi) is 5.80. The standard InChI is InChI=1S/C20H23N3O4/c1-26-18-4-2-3-16(13-18)22-9-11-23(12-10-22)20(25)15-5-7-17(8-6-15)27-14-19(21)24/h2-8,13H,9-12,14H2,1H3,(H2,21,24). The first-order valence-corrected chi connectivity index (χ1v) is 8.76. The third-order valence-electron chi connectivity index (χ3n) is 4.47. The Morgan fingerprint density at radius 1 is 1.00 bits per heavy atom. The minimum absolute atomic E-state index is 0.0123. The molecule has 0 unspecified atom stereocenters. The second-order valence-electron chi connectivity index (χ2n) is 6.26. The number of anilines is 1. The highest BCUT2D eigenvalue weighted by molar-refractivity contribution is 5.94. The zero-order valence-electron chi connectivity index (χ0n) is 15.3. The average molecular weight is 369 g/mol. The lowest BCUT2D eigenvalue weighted by molar-refractivity contribution is -0.119. The minimum Gasteiger partial charge on any atom is -0.497 e. The van der Waals surface area contributed by atoms with Gasteiger partial charge in [-0.05, 0) is 36.4 Å². The Balaban J connectivity index is 1.57. The van der Waals surface area contributed by atoms with E-state index >= 15 is 0 Å². The van der Waals surface area contributed by atoms with Crippen LogP contribution in [0.4, 0.5) is 5.69 Å². The normalized spacial score (nSPS) is 14.0. The monoisotopic (exact) mass is 369 g/mol. The predicted molar refractivity (Wildman–Crippen MR) is 102 cm³/mol. The van der Waals surface area contributed by atoms with Crippen molar-refractivity contribution in [3.8, 4) is 11.5 Å². The Labute approximate surface area is 158 Å². The molecular weight excluding hydrogens is 346 g/mol. The zero-order valence-corrected chi connectivity index (χ0v) is 15.3. The van der Waals surface area contributed by atoms with Gasteiger partial charge in [0, 0.05) is 43.5 Å². The van der Waals surface area contributed by atoms with Gasteiger partial charge in [-0.2, -0.15) is 0 Å². The molecule has 7 heteroatoms. The number of carbonyl (C=O) groups is 2. The van der Waals surface area contributed by atoms with E-state index in [-0.39, 0.29) is 12.5 Å². The summed E-state index contributed by atoms with van der Waals surface area (Å²) in [6.45, 7) is 2.64. The van der Waals surface area contributed by atoms with E-state index in [4.69, 9.17) is 15.2 Å². The third kappa shape index (κ3) is 4.69. The van der Waals surface area contributed by atoms with E-state index < -0.39 is 5.91 Å². The van der Waals surface area contributed by atoms with Crippen LogP contribution in [0.2, 0.25) is 0 Å². The number of nitrogens with two attached hydrogens (primary N) is 1. The van der Waals surface area contributed by atoms with Crippen molar-refractivity contribution in [2.45, 2.75) is 0 Å². The van der Waals surface area contributed by atoms with Crippen molar-refractivity contribution in [2.24, 2.45) is 5.73 Å². The second kappa shape index (κ2) is 8.44. The molecule has 2 amide bonds. The molecule has 2 aromatic carbocycles. The molecule has 1 heterocycles. The van der Waals surface area contributed by atoms with E-state index in [0.29, 0.717) is 24.4 Å². The molecule has 1 aliphatic rings. The minimum atomic E-state index is -0.538. The fourth-order valence-electron chi connectivity index (χ4n) is 3.01. The Morgan fingerprint density at radius 3 is 2.33 bits per heavy atom. The molecule has 1 fully saturated rings. The van der Waals surface area contributed by atoms with Crippen LogP contribution in [0.15, 0.2) is 48.5 Å². The van der Waals surface area contributed by atoms with Crippen LogP contribution in [-0.4, -0.2) is 56.6 Å². The second-order valence-corrected chi connectivity index (χ2v) is 6.26. The van der Waals surface area contributed by atoms with Crippen molar-refractivity contribution < 1.29 is 19.1 Å². The lowest BCUT2D eigenvalue weighted by Gasteiger charge is -2.36. The number of amides is 2. The number of hydrogen-bond donors (Lipinski definition) is 1. The molecular formula is C20H23N3O4. The Bertz CT molecular complexity index is 799. The molecule has 2 aromatic rings. The van der Waals surface area contributed by atoms with Crippen LogP contribution >= 0.6 is 0 Å². The maximum atomic E-state index is 12.7. The first kappa shape index (κ1) is 18.6. The summed E-state index contributed by atoms with van der Waals surface area (Å²) in [6.07, 6.45) is 0. The van der Waals surface area contributed by atoms with Gasteiger partial charge in [-0.1, -0.05) is 6.07 Å². The summed E-state index contributed by atoms with van der Waals surface area (Å²) >= 11 is 0. The third-order valence-corrected chi connectivity index (χ3v) is 4.47. The summed E-state index contributed by atoms with van der Waals surface area (Å²) in [4.78, 5) is 27.5. The lowest BCUT2D eigenvalue weighted by Crippen LogP contribution is -2.48. The van der Waals surface area contributed by atoms with Crippen LogP contribution in [0.3, 0.4) is 0 Å². The van der Waals surface area contributed by atoms with E-state index in [1.165, 1.54) is 0 Å². The largest absolute Gasteiger partial charge is 0.497 e. The van der Waals surface area contributed by atoms with Crippen LogP contribution in [0.1, 0.15) is 10.4 Å². The summed E-state index contributed by atoms with van der Waals surface area (Å²) in [6, 6.07) is 14.7. The van der Waals surface area contributed by atoms with Crippen molar-refractivity contribution in [1.82, 2.24) is 4.90 Å². The highest BCUT2D eigenvalue weighted by atomic mass is 16.5. The number of nitrogens with zero attached hydrogens (tertiary/aromatic N) is 2. The number of rotatable bonds is 6. The lowest BCUT2D eigenvalue weighted by atomic mass is 10.1. The number of piperazine rings is 1. The van der Waals surface area contributed by atoms with Crippen LogP contribution in [0.5, 0.6) is 11.5 Å².